The highest BCUT2D eigenvalue weighted by Crippen LogP contribution is 2.46. The van der Waals surface area contributed by atoms with Crippen molar-refractivity contribution in [1.29, 1.82) is 0 Å². The highest BCUT2D eigenvalue weighted by molar-refractivity contribution is 8.03. The summed E-state index contributed by atoms with van der Waals surface area (Å²) in [5.74, 6) is 2.09. The van der Waals surface area contributed by atoms with E-state index in [9.17, 15) is 0 Å². The second-order valence-corrected chi connectivity index (χ2v) is 13.3. The summed E-state index contributed by atoms with van der Waals surface area (Å²) in [7, 11) is 8.69. The number of quaternary nitrogens is 1. The summed E-state index contributed by atoms with van der Waals surface area (Å²) < 4.78 is 9.28. The predicted octanol–water partition coefficient (Wildman–Crippen LogP) is 8.15. The van der Waals surface area contributed by atoms with Crippen molar-refractivity contribution in [2.75, 3.05) is 64.2 Å². The molecule has 0 radical (unpaired) electrons. The summed E-state index contributed by atoms with van der Waals surface area (Å²) in [6, 6.07) is 28.4. The third-order valence-corrected chi connectivity index (χ3v) is 9.63. The van der Waals surface area contributed by atoms with Gasteiger partial charge in [-0.3, -0.25) is 4.90 Å². The SMILES string of the molecule is CCCC[N+](C)(C)CCCN(CCC)c1cc(C=C2Sc3ccccc3N2C)c2ccc(OC)cc2[n+]1-c1ccccc1. The molecule has 6 heteroatoms. The number of fused-ring (bicyclic) bond motifs is 2. The van der Waals surface area contributed by atoms with Crippen molar-refractivity contribution < 1.29 is 13.8 Å². The molecule has 0 saturated carbocycles. The van der Waals surface area contributed by atoms with Crippen LogP contribution in [0.5, 0.6) is 5.75 Å². The van der Waals surface area contributed by atoms with Crippen LogP contribution in [0, 0.1) is 0 Å². The van der Waals surface area contributed by atoms with Crippen LogP contribution in [0.3, 0.4) is 0 Å². The molecule has 0 aliphatic carbocycles. The van der Waals surface area contributed by atoms with Crippen molar-refractivity contribution in [2.24, 2.45) is 0 Å². The van der Waals surface area contributed by atoms with Crippen molar-refractivity contribution >= 4 is 40.2 Å². The third-order valence-electron chi connectivity index (χ3n) is 8.46. The minimum absolute atomic E-state index is 0.865. The van der Waals surface area contributed by atoms with E-state index in [-0.39, 0.29) is 0 Å². The van der Waals surface area contributed by atoms with Gasteiger partial charge >= 0.3 is 0 Å². The number of hydrogen-bond donors (Lipinski definition) is 0. The summed E-state index contributed by atoms with van der Waals surface area (Å²) in [4.78, 5) is 6.22. The molecule has 0 saturated heterocycles. The number of anilines is 2. The first kappa shape index (κ1) is 31.0. The van der Waals surface area contributed by atoms with Crippen LogP contribution in [0.25, 0.3) is 22.7 Å². The van der Waals surface area contributed by atoms with Gasteiger partial charge in [0.2, 0.25) is 0 Å². The van der Waals surface area contributed by atoms with Crippen LogP contribution in [0.1, 0.15) is 45.1 Å². The number of unbranched alkanes of at least 4 members (excludes halogenated alkanes) is 1. The molecule has 2 heterocycles. The van der Waals surface area contributed by atoms with E-state index < -0.39 is 0 Å². The zero-order chi connectivity index (χ0) is 30.4. The van der Waals surface area contributed by atoms with Gasteiger partial charge in [-0.1, -0.05) is 62.4 Å². The number of nitrogens with zero attached hydrogens (tertiary/aromatic N) is 4. The minimum atomic E-state index is 0.865. The molecular formula is C37H48N4OS+2. The lowest BCUT2D eigenvalue weighted by molar-refractivity contribution is -0.890. The van der Waals surface area contributed by atoms with Crippen molar-refractivity contribution in [3.8, 4) is 11.4 Å². The molecule has 0 atom stereocenters. The largest absolute Gasteiger partial charge is 0.497 e. The molecule has 0 unspecified atom stereocenters. The minimum Gasteiger partial charge on any atom is -0.497 e. The fourth-order valence-corrected chi connectivity index (χ4v) is 7.15. The topological polar surface area (TPSA) is 19.6 Å². The van der Waals surface area contributed by atoms with Crippen molar-refractivity contribution in [2.45, 2.75) is 44.4 Å². The van der Waals surface area contributed by atoms with Gasteiger partial charge in [0.05, 0.1) is 58.1 Å². The summed E-state index contributed by atoms with van der Waals surface area (Å²) in [6.45, 7) is 8.99. The maximum atomic E-state index is 5.77. The van der Waals surface area contributed by atoms with Gasteiger partial charge in [-0.15, -0.1) is 0 Å². The molecule has 0 fully saturated rings. The van der Waals surface area contributed by atoms with E-state index in [1.165, 1.54) is 58.3 Å². The molecule has 0 spiro atoms. The maximum absolute atomic E-state index is 5.77. The van der Waals surface area contributed by atoms with Gasteiger partial charge in [0.25, 0.3) is 5.82 Å². The lowest BCUT2D eigenvalue weighted by atomic mass is 10.1. The second-order valence-electron chi connectivity index (χ2n) is 12.2. The number of benzene rings is 3. The molecule has 226 valence electrons. The van der Waals surface area contributed by atoms with E-state index in [1.807, 2.05) is 11.8 Å². The molecule has 43 heavy (non-hydrogen) atoms. The number of hydrogen-bond acceptors (Lipinski definition) is 4. The standard InChI is InChI=1S/C37H48N4OS/c1-7-9-24-41(4,5)25-15-23-39(22-8-2)36-26-29(27-37-38(3)33-18-13-14-19-35(33)43-37)32-21-20-31(42-6)28-34(32)40(36)30-16-11-10-12-17-30/h10-14,16-21,26-28H,7-9,15,22-25H2,1-6H3/q+2. The molecule has 5 nitrogen and oxygen atoms in total. The number of pyridine rings is 1. The van der Waals surface area contributed by atoms with E-state index in [0.29, 0.717) is 0 Å². The fourth-order valence-electron chi connectivity index (χ4n) is 6.05. The van der Waals surface area contributed by atoms with Gasteiger partial charge in [-0.2, -0.15) is 4.57 Å². The zero-order valence-electron chi connectivity index (χ0n) is 26.8. The van der Waals surface area contributed by atoms with Crippen LogP contribution >= 0.6 is 11.8 Å². The molecule has 5 rings (SSSR count). The lowest BCUT2D eigenvalue weighted by Crippen LogP contribution is -2.45. The Balaban J connectivity index is 1.65. The molecule has 1 aliphatic heterocycles. The van der Waals surface area contributed by atoms with E-state index in [2.05, 4.69) is 134 Å². The number of rotatable bonds is 13. The molecule has 1 aliphatic rings. The quantitative estimate of drug-likeness (QED) is 0.115. The van der Waals surface area contributed by atoms with Crippen LogP contribution < -0.4 is 19.1 Å². The highest BCUT2D eigenvalue weighted by atomic mass is 32.2. The third kappa shape index (κ3) is 7.02. The first-order valence-electron chi connectivity index (χ1n) is 15.8. The second kappa shape index (κ2) is 13.9. The van der Waals surface area contributed by atoms with E-state index >= 15 is 0 Å². The van der Waals surface area contributed by atoms with E-state index in [1.54, 1.807) is 7.11 Å². The maximum Gasteiger partial charge on any atom is 0.282 e. The Kier molecular flexibility index (Phi) is 9.99. The van der Waals surface area contributed by atoms with Crippen LogP contribution in [-0.4, -0.2) is 58.9 Å². The number of ether oxygens (including phenoxy) is 1. The fraction of sp³-hybridized carbons (Fsp3) is 0.378. The highest BCUT2D eigenvalue weighted by Gasteiger charge is 2.27. The Morgan fingerprint density at radius 2 is 1.63 bits per heavy atom. The number of aromatic nitrogens is 1. The van der Waals surface area contributed by atoms with Gasteiger partial charge in [-0.25, -0.2) is 0 Å². The molecule has 4 aromatic rings. The number of para-hydroxylation sites is 2. The van der Waals surface area contributed by atoms with Crippen LogP contribution in [0.2, 0.25) is 0 Å². The summed E-state index contributed by atoms with van der Waals surface area (Å²) in [6.07, 6.45) is 7.13. The number of thioether (sulfide) groups is 1. The van der Waals surface area contributed by atoms with Gasteiger partial charge in [0, 0.05) is 35.9 Å². The first-order chi connectivity index (χ1) is 20.8. The normalized spacial score (nSPS) is 14.0. The van der Waals surface area contributed by atoms with Crippen molar-refractivity contribution in [3.63, 3.8) is 0 Å². The van der Waals surface area contributed by atoms with Crippen LogP contribution in [0.4, 0.5) is 11.5 Å². The smallest absolute Gasteiger partial charge is 0.282 e. The van der Waals surface area contributed by atoms with Crippen LogP contribution in [0.15, 0.2) is 88.8 Å². The Hall–Kier alpha value is -3.48. The monoisotopic (exact) mass is 596 g/mol. The predicted molar refractivity (Wildman–Crippen MR) is 185 cm³/mol. The Morgan fingerprint density at radius 3 is 2.35 bits per heavy atom. The zero-order valence-corrected chi connectivity index (χ0v) is 27.7. The van der Waals surface area contributed by atoms with Gasteiger partial charge < -0.3 is 14.1 Å². The molecule has 0 amide bonds. The summed E-state index contributed by atoms with van der Waals surface area (Å²) in [5, 5.41) is 2.44. The van der Waals surface area contributed by atoms with Gasteiger partial charge in [-0.05, 0) is 60.9 Å². The van der Waals surface area contributed by atoms with Crippen molar-refractivity contribution in [1.82, 2.24) is 0 Å². The van der Waals surface area contributed by atoms with Crippen LogP contribution in [-0.2, 0) is 0 Å². The van der Waals surface area contributed by atoms with E-state index in [0.717, 1.165) is 47.4 Å². The van der Waals surface area contributed by atoms with E-state index in [4.69, 9.17) is 4.74 Å². The van der Waals surface area contributed by atoms with Crippen molar-refractivity contribution in [3.05, 3.63) is 89.5 Å². The molecule has 3 aromatic carbocycles. The Morgan fingerprint density at radius 1 is 0.884 bits per heavy atom. The number of methoxy groups -OCH3 is 1. The van der Waals surface area contributed by atoms with Gasteiger partial charge in [0.1, 0.15) is 17.0 Å². The Labute approximate surface area is 263 Å². The summed E-state index contributed by atoms with van der Waals surface area (Å²) >= 11 is 1.84. The average Bonchev–Trinajstić information content (AvgIpc) is 3.34. The average molecular weight is 597 g/mol. The molecule has 1 aromatic heterocycles. The first-order valence-corrected chi connectivity index (χ1v) is 16.6. The molecule has 0 N–H and O–H groups in total. The van der Waals surface area contributed by atoms with Gasteiger partial charge in [0.15, 0.2) is 0 Å². The summed E-state index contributed by atoms with van der Waals surface area (Å²) in [5.41, 5.74) is 4.80. The molecular weight excluding hydrogens is 549 g/mol. The lowest BCUT2D eigenvalue weighted by Gasteiger charge is -2.30. The molecule has 0 bridgehead atoms. The Bertz CT molecular complexity index is 1570.